The Morgan fingerprint density at radius 2 is 2.35 bits per heavy atom. The Kier molecular flexibility index (Phi) is 4.49. The van der Waals surface area contributed by atoms with Gasteiger partial charge in [-0.1, -0.05) is 6.07 Å². The number of hydrogen-bond acceptors (Lipinski definition) is 5. The van der Waals surface area contributed by atoms with Crippen LogP contribution in [0.1, 0.15) is 0 Å². The molecule has 0 saturated heterocycles. The summed E-state index contributed by atoms with van der Waals surface area (Å²) in [5.74, 6) is -0.411. The van der Waals surface area contributed by atoms with Gasteiger partial charge in [0, 0.05) is 13.3 Å². The van der Waals surface area contributed by atoms with Crippen LogP contribution in [0.2, 0.25) is 0 Å². The Hall–Kier alpha value is -2.19. The van der Waals surface area contributed by atoms with E-state index in [1.54, 1.807) is 24.4 Å². The lowest BCUT2D eigenvalue weighted by Crippen LogP contribution is -2.43. The standard InChI is InChI=1S/C12H16N4O4/c1-20-8-9(7-17)13-11(18)6-16-12(19)15-5-3-2-4-10(15)14-16/h2-5,9,17H,6-8H2,1H3,(H,13,18). The molecule has 0 radical (unpaired) electrons. The summed E-state index contributed by atoms with van der Waals surface area (Å²) in [6, 6.07) is 4.64. The van der Waals surface area contributed by atoms with Crippen LogP contribution in [0.3, 0.4) is 0 Å². The van der Waals surface area contributed by atoms with Crippen LogP contribution in [0.4, 0.5) is 0 Å². The molecule has 1 unspecified atom stereocenters. The van der Waals surface area contributed by atoms with Crippen molar-refractivity contribution in [2.24, 2.45) is 0 Å². The number of rotatable bonds is 6. The summed E-state index contributed by atoms with van der Waals surface area (Å²) < 4.78 is 7.28. The van der Waals surface area contributed by atoms with Crippen LogP contribution < -0.4 is 11.0 Å². The minimum absolute atomic E-state index is 0.197. The van der Waals surface area contributed by atoms with E-state index < -0.39 is 11.9 Å². The molecular weight excluding hydrogens is 264 g/mol. The van der Waals surface area contributed by atoms with E-state index in [1.807, 2.05) is 0 Å². The normalized spacial score (nSPS) is 12.5. The fourth-order valence-electron chi connectivity index (χ4n) is 1.82. The van der Waals surface area contributed by atoms with Gasteiger partial charge in [-0.2, -0.15) is 0 Å². The number of hydrogen-bond donors (Lipinski definition) is 2. The smallest absolute Gasteiger partial charge is 0.350 e. The summed E-state index contributed by atoms with van der Waals surface area (Å²) in [5.41, 5.74) is 0.0870. The number of carbonyl (C=O) groups is 1. The van der Waals surface area contributed by atoms with Crippen molar-refractivity contribution in [3.05, 3.63) is 34.9 Å². The highest BCUT2D eigenvalue weighted by Gasteiger charge is 2.14. The molecule has 8 heteroatoms. The summed E-state index contributed by atoms with van der Waals surface area (Å²) in [5, 5.41) is 15.7. The second-order valence-corrected chi connectivity index (χ2v) is 4.27. The Morgan fingerprint density at radius 1 is 1.55 bits per heavy atom. The summed E-state index contributed by atoms with van der Waals surface area (Å²) in [6.07, 6.45) is 1.58. The van der Waals surface area contributed by atoms with Crippen molar-refractivity contribution in [2.75, 3.05) is 20.3 Å². The van der Waals surface area contributed by atoms with E-state index in [1.165, 1.54) is 11.5 Å². The summed E-state index contributed by atoms with van der Waals surface area (Å²) in [4.78, 5) is 23.8. The molecule has 8 nitrogen and oxygen atoms in total. The maximum Gasteiger partial charge on any atom is 0.350 e. The molecule has 108 valence electrons. The Morgan fingerprint density at radius 3 is 3.00 bits per heavy atom. The Labute approximate surface area is 114 Å². The van der Waals surface area contributed by atoms with Gasteiger partial charge in [-0.15, -0.1) is 5.10 Å². The SMILES string of the molecule is COCC(CO)NC(=O)Cn1nc2ccccn2c1=O. The minimum Gasteiger partial charge on any atom is -0.394 e. The largest absolute Gasteiger partial charge is 0.394 e. The highest BCUT2D eigenvalue weighted by Crippen LogP contribution is 1.95. The summed E-state index contributed by atoms with van der Waals surface area (Å²) >= 11 is 0. The number of carbonyl (C=O) groups excluding carboxylic acids is 1. The third-order valence-electron chi connectivity index (χ3n) is 2.74. The molecule has 0 aromatic carbocycles. The van der Waals surface area contributed by atoms with Gasteiger partial charge in [-0.05, 0) is 12.1 Å². The van der Waals surface area contributed by atoms with E-state index in [0.29, 0.717) is 5.65 Å². The lowest BCUT2D eigenvalue weighted by Gasteiger charge is -2.14. The summed E-state index contributed by atoms with van der Waals surface area (Å²) in [7, 11) is 1.47. The van der Waals surface area contributed by atoms with E-state index >= 15 is 0 Å². The van der Waals surface area contributed by atoms with Crippen LogP contribution in [0, 0.1) is 0 Å². The lowest BCUT2D eigenvalue weighted by atomic mass is 10.3. The second kappa shape index (κ2) is 6.31. The quantitative estimate of drug-likeness (QED) is 0.679. The minimum atomic E-state index is -0.500. The van der Waals surface area contributed by atoms with Gasteiger partial charge in [-0.3, -0.25) is 9.20 Å². The first-order valence-corrected chi connectivity index (χ1v) is 6.09. The van der Waals surface area contributed by atoms with E-state index in [9.17, 15) is 9.59 Å². The molecule has 0 saturated carbocycles. The van der Waals surface area contributed by atoms with Crippen molar-refractivity contribution in [1.82, 2.24) is 19.5 Å². The number of nitrogens with one attached hydrogen (secondary N) is 1. The molecule has 0 spiro atoms. The molecule has 2 heterocycles. The highest BCUT2D eigenvalue weighted by molar-refractivity contribution is 5.76. The number of methoxy groups -OCH3 is 1. The fraction of sp³-hybridized carbons (Fsp3) is 0.417. The molecule has 2 aromatic heterocycles. The molecule has 2 aromatic rings. The third-order valence-corrected chi connectivity index (χ3v) is 2.74. The maximum atomic E-state index is 12.0. The van der Waals surface area contributed by atoms with Crippen LogP contribution in [0.25, 0.3) is 5.65 Å². The molecule has 0 aliphatic carbocycles. The predicted molar refractivity (Wildman–Crippen MR) is 70.3 cm³/mol. The van der Waals surface area contributed by atoms with Crippen molar-refractivity contribution < 1.29 is 14.6 Å². The molecule has 2 rings (SSSR count). The summed E-state index contributed by atoms with van der Waals surface area (Å²) in [6.45, 7) is -0.247. The molecule has 0 bridgehead atoms. The first kappa shape index (κ1) is 14.2. The molecule has 2 N–H and O–H groups in total. The molecule has 1 atom stereocenters. The molecule has 0 aliphatic heterocycles. The lowest BCUT2D eigenvalue weighted by molar-refractivity contribution is -0.123. The van der Waals surface area contributed by atoms with Crippen LogP contribution in [0.5, 0.6) is 0 Å². The first-order valence-electron chi connectivity index (χ1n) is 6.09. The van der Waals surface area contributed by atoms with Crippen molar-refractivity contribution in [1.29, 1.82) is 0 Å². The van der Waals surface area contributed by atoms with Crippen molar-refractivity contribution in [3.8, 4) is 0 Å². The molecule has 20 heavy (non-hydrogen) atoms. The van der Waals surface area contributed by atoms with Gasteiger partial charge in [0.2, 0.25) is 5.91 Å². The molecule has 0 fully saturated rings. The van der Waals surface area contributed by atoms with Crippen molar-refractivity contribution >= 4 is 11.6 Å². The number of aliphatic hydroxyl groups excluding tert-OH is 1. The Balaban J connectivity index is 2.10. The van der Waals surface area contributed by atoms with Gasteiger partial charge in [0.05, 0.1) is 19.3 Å². The number of amides is 1. The van der Waals surface area contributed by atoms with E-state index in [2.05, 4.69) is 10.4 Å². The van der Waals surface area contributed by atoms with Crippen molar-refractivity contribution in [3.63, 3.8) is 0 Å². The monoisotopic (exact) mass is 280 g/mol. The molecule has 0 aliphatic rings. The van der Waals surface area contributed by atoms with Gasteiger partial charge in [-0.25, -0.2) is 9.48 Å². The van der Waals surface area contributed by atoms with Gasteiger partial charge >= 0.3 is 5.69 Å². The highest BCUT2D eigenvalue weighted by atomic mass is 16.5. The number of fused-ring (bicyclic) bond motifs is 1. The van der Waals surface area contributed by atoms with E-state index in [-0.39, 0.29) is 25.4 Å². The average molecular weight is 280 g/mol. The van der Waals surface area contributed by atoms with Gasteiger partial charge in [0.1, 0.15) is 6.54 Å². The van der Waals surface area contributed by atoms with Gasteiger partial charge in [0.15, 0.2) is 5.65 Å². The van der Waals surface area contributed by atoms with Crippen LogP contribution >= 0.6 is 0 Å². The topological polar surface area (TPSA) is 97.9 Å². The average Bonchev–Trinajstić information content (AvgIpc) is 2.75. The van der Waals surface area contributed by atoms with Gasteiger partial charge < -0.3 is 15.2 Å². The zero-order chi connectivity index (χ0) is 14.5. The number of aliphatic hydroxyl groups is 1. The van der Waals surface area contributed by atoms with E-state index in [4.69, 9.17) is 9.84 Å². The number of ether oxygens (including phenoxy) is 1. The zero-order valence-electron chi connectivity index (χ0n) is 11.0. The first-order chi connectivity index (χ1) is 9.65. The number of aromatic nitrogens is 3. The fourth-order valence-corrected chi connectivity index (χ4v) is 1.82. The third kappa shape index (κ3) is 3.03. The predicted octanol–water partition coefficient (Wildman–Crippen LogP) is -1.38. The van der Waals surface area contributed by atoms with E-state index in [0.717, 1.165) is 4.68 Å². The molecule has 1 amide bonds. The van der Waals surface area contributed by atoms with Crippen LogP contribution in [-0.4, -0.2) is 51.6 Å². The van der Waals surface area contributed by atoms with Crippen LogP contribution in [0.15, 0.2) is 29.2 Å². The van der Waals surface area contributed by atoms with Crippen LogP contribution in [-0.2, 0) is 16.1 Å². The molecular formula is C12H16N4O4. The van der Waals surface area contributed by atoms with Gasteiger partial charge in [0.25, 0.3) is 0 Å². The number of nitrogens with zero attached hydrogens (tertiary/aromatic N) is 3. The zero-order valence-corrected chi connectivity index (χ0v) is 11.0. The second-order valence-electron chi connectivity index (χ2n) is 4.27. The number of pyridine rings is 1. The Bertz CT molecular complexity index is 648. The van der Waals surface area contributed by atoms with Crippen molar-refractivity contribution in [2.45, 2.75) is 12.6 Å². The maximum absolute atomic E-state index is 12.0.